The third-order valence-electron chi connectivity index (χ3n) is 3.24. The third-order valence-corrected chi connectivity index (χ3v) is 3.24. The number of fused-ring (bicyclic) bond motifs is 1. The van der Waals surface area contributed by atoms with Crippen LogP contribution in [0, 0.1) is 0 Å². The third kappa shape index (κ3) is 2.68. The fourth-order valence-electron chi connectivity index (χ4n) is 2.35. The van der Waals surface area contributed by atoms with Gasteiger partial charge in [0.25, 0.3) is 5.56 Å². The van der Waals surface area contributed by atoms with E-state index in [2.05, 4.69) is 24.1 Å². The summed E-state index contributed by atoms with van der Waals surface area (Å²) < 4.78 is 1.80. The van der Waals surface area contributed by atoms with Crippen LogP contribution in [0.1, 0.15) is 39.1 Å². The molecule has 0 unspecified atom stereocenters. The number of hydrogen-bond donors (Lipinski definition) is 1. The summed E-state index contributed by atoms with van der Waals surface area (Å²) in [5.74, 6) is 0.826. The lowest BCUT2D eigenvalue weighted by Crippen LogP contribution is -2.31. The molecule has 0 aliphatic rings. The van der Waals surface area contributed by atoms with Crippen molar-refractivity contribution in [2.24, 2.45) is 0 Å². The van der Waals surface area contributed by atoms with Gasteiger partial charge in [-0.1, -0.05) is 26.0 Å². The minimum absolute atomic E-state index is 0.0622. The number of aromatic nitrogens is 2. The van der Waals surface area contributed by atoms with Gasteiger partial charge in [-0.2, -0.15) is 0 Å². The second kappa shape index (κ2) is 5.97. The highest BCUT2D eigenvalue weighted by Gasteiger charge is 2.14. The lowest BCUT2D eigenvalue weighted by molar-refractivity contribution is 0.505. The van der Waals surface area contributed by atoms with Crippen LogP contribution >= 0.6 is 0 Å². The molecule has 0 radical (unpaired) electrons. The van der Waals surface area contributed by atoms with Gasteiger partial charge < -0.3 is 5.32 Å². The molecule has 2 rings (SSSR count). The first-order chi connectivity index (χ1) is 9.19. The topological polar surface area (TPSA) is 46.9 Å². The maximum Gasteiger partial charge on any atom is 0.261 e. The Morgan fingerprint density at radius 1 is 1.32 bits per heavy atom. The van der Waals surface area contributed by atoms with Crippen LogP contribution < -0.4 is 10.9 Å². The first kappa shape index (κ1) is 13.7. The Balaban J connectivity index is 2.66. The smallest absolute Gasteiger partial charge is 0.261 e. The highest BCUT2D eigenvalue weighted by Crippen LogP contribution is 2.13. The quantitative estimate of drug-likeness (QED) is 0.897. The predicted octanol–water partition coefficient (Wildman–Crippen LogP) is 2.48. The van der Waals surface area contributed by atoms with E-state index >= 15 is 0 Å². The summed E-state index contributed by atoms with van der Waals surface area (Å²) in [6.45, 7) is 7.74. The Hall–Kier alpha value is -1.68. The van der Waals surface area contributed by atoms with Gasteiger partial charge >= 0.3 is 0 Å². The van der Waals surface area contributed by atoms with Gasteiger partial charge in [0.15, 0.2) is 0 Å². The Kier molecular flexibility index (Phi) is 4.32. The molecule has 19 heavy (non-hydrogen) atoms. The Morgan fingerprint density at radius 2 is 2.05 bits per heavy atom. The molecule has 102 valence electrons. The Morgan fingerprint density at radius 3 is 2.74 bits per heavy atom. The van der Waals surface area contributed by atoms with Gasteiger partial charge in [-0.25, -0.2) is 4.98 Å². The summed E-state index contributed by atoms with van der Waals surface area (Å²) in [4.78, 5) is 17.2. The molecule has 1 aromatic heterocycles. The van der Waals surface area contributed by atoms with E-state index in [9.17, 15) is 4.79 Å². The zero-order valence-corrected chi connectivity index (χ0v) is 11.8. The molecule has 0 saturated carbocycles. The van der Waals surface area contributed by atoms with Gasteiger partial charge in [0.05, 0.1) is 16.9 Å². The summed E-state index contributed by atoms with van der Waals surface area (Å²) in [7, 11) is 0. The fourth-order valence-corrected chi connectivity index (χ4v) is 2.35. The van der Waals surface area contributed by atoms with Gasteiger partial charge in [-0.3, -0.25) is 9.36 Å². The molecule has 0 spiro atoms. The largest absolute Gasteiger partial charge is 0.308 e. The van der Waals surface area contributed by atoms with E-state index < -0.39 is 0 Å². The van der Waals surface area contributed by atoms with Crippen LogP contribution in [0.2, 0.25) is 0 Å². The van der Waals surface area contributed by atoms with E-state index in [1.807, 2.05) is 31.2 Å². The van der Waals surface area contributed by atoms with Gasteiger partial charge in [-0.15, -0.1) is 0 Å². The minimum Gasteiger partial charge on any atom is -0.308 e. The number of nitrogens with one attached hydrogen (secondary N) is 1. The monoisotopic (exact) mass is 259 g/mol. The Bertz CT molecular complexity index is 618. The lowest BCUT2D eigenvalue weighted by Gasteiger charge is -2.18. The summed E-state index contributed by atoms with van der Waals surface area (Å²) >= 11 is 0. The average Bonchev–Trinajstić information content (AvgIpc) is 2.42. The molecule has 1 heterocycles. The second-order valence-electron chi connectivity index (χ2n) is 4.72. The highest BCUT2D eigenvalue weighted by atomic mass is 16.1. The van der Waals surface area contributed by atoms with Gasteiger partial charge in [0.1, 0.15) is 5.82 Å². The van der Waals surface area contributed by atoms with Crippen molar-refractivity contribution in [3.63, 3.8) is 0 Å². The van der Waals surface area contributed by atoms with Gasteiger partial charge in [0.2, 0.25) is 0 Å². The molecule has 0 fully saturated rings. The average molecular weight is 259 g/mol. The van der Waals surface area contributed by atoms with Crippen LogP contribution in [0.5, 0.6) is 0 Å². The molecule has 1 aromatic carbocycles. The van der Waals surface area contributed by atoms with Crippen molar-refractivity contribution in [1.29, 1.82) is 0 Å². The number of para-hydroxylation sites is 1. The second-order valence-corrected chi connectivity index (χ2v) is 4.72. The standard InChI is InChI=1S/C15H21N3O/c1-4-10-18-14(11(3)16-5-2)17-13-9-7-6-8-12(13)15(18)19/h6-9,11,16H,4-5,10H2,1-3H3/t11-/m1/s1. The number of hydrogen-bond acceptors (Lipinski definition) is 3. The zero-order valence-electron chi connectivity index (χ0n) is 11.8. The van der Waals surface area contributed by atoms with Crippen LogP contribution in [-0.4, -0.2) is 16.1 Å². The maximum atomic E-state index is 12.5. The van der Waals surface area contributed by atoms with Crippen molar-refractivity contribution in [2.45, 2.75) is 39.8 Å². The van der Waals surface area contributed by atoms with Crippen molar-refractivity contribution in [3.8, 4) is 0 Å². The first-order valence-electron chi connectivity index (χ1n) is 6.91. The summed E-state index contributed by atoms with van der Waals surface area (Å²) in [5.41, 5.74) is 0.840. The lowest BCUT2D eigenvalue weighted by atomic mass is 10.2. The van der Waals surface area contributed by atoms with E-state index in [0.717, 1.165) is 24.3 Å². The fraction of sp³-hybridized carbons (Fsp3) is 0.467. The van der Waals surface area contributed by atoms with Crippen LogP contribution in [0.3, 0.4) is 0 Å². The van der Waals surface area contributed by atoms with E-state index in [4.69, 9.17) is 0 Å². The molecule has 1 N–H and O–H groups in total. The van der Waals surface area contributed by atoms with E-state index in [-0.39, 0.29) is 11.6 Å². The molecular formula is C15H21N3O. The van der Waals surface area contributed by atoms with E-state index in [1.54, 1.807) is 4.57 Å². The summed E-state index contributed by atoms with van der Waals surface area (Å²) in [6.07, 6.45) is 0.922. The van der Waals surface area contributed by atoms with Crippen molar-refractivity contribution in [2.75, 3.05) is 6.54 Å². The van der Waals surface area contributed by atoms with Crippen LogP contribution in [0.4, 0.5) is 0 Å². The SMILES string of the molecule is CCCn1c([C@@H](C)NCC)nc2ccccc2c1=O. The van der Waals surface area contributed by atoms with Crippen molar-refractivity contribution in [1.82, 2.24) is 14.9 Å². The van der Waals surface area contributed by atoms with Gasteiger partial charge in [-0.05, 0) is 32.0 Å². The molecular weight excluding hydrogens is 238 g/mol. The maximum absolute atomic E-state index is 12.5. The van der Waals surface area contributed by atoms with Crippen molar-refractivity contribution in [3.05, 3.63) is 40.4 Å². The molecule has 0 aliphatic carbocycles. The number of nitrogens with zero attached hydrogens (tertiary/aromatic N) is 2. The predicted molar refractivity (Wildman–Crippen MR) is 78.4 cm³/mol. The molecule has 0 aliphatic heterocycles. The number of benzene rings is 1. The van der Waals surface area contributed by atoms with Crippen LogP contribution in [-0.2, 0) is 6.54 Å². The molecule has 0 saturated heterocycles. The molecule has 0 bridgehead atoms. The summed E-state index contributed by atoms with van der Waals surface area (Å²) in [6, 6.07) is 7.62. The van der Waals surface area contributed by atoms with Gasteiger partial charge in [0, 0.05) is 6.54 Å². The van der Waals surface area contributed by atoms with Crippen molar-refractivity contribution >= 4 is 10.9 Å². The van der Waals surface area contributed by atoms with E-state index in [0.29, 0.717) is 11.9 Å². The van der Waals surface area contributed by atoms with Crippen LogP contribution in [0.25, 0.3) is 10.9 Å². The highest BCUT2D eigenvalue weighted by molar-refractivity contribution is 5.77. The molecule has 1 atom stereocenters. The van der Waals surface area contributed by atoms with Crippen LogP contribution in [0.15, 0.2) is 29.1 Å². The molecule has 0 amide bonds. The Labute approximate surface area is 113 Å². The van der Waals surface area contributed by atoms with Crippen molar-refractivity contribution < 1.29 is 0 Å². The summed E-state index contributed by atoms with van der Waals surface area (Å²) in [5, 5.41) is 4.03. The zero-order chi connectivity index (χ0) is 13.8. The van der Waals surface area contributed by atoms with E-state index in [1.165, 1.54) is 0 Å². The first-order valence-corrected chi connectivity index (χ1v) is 6.91. The molecule has 2 aromatic rings. The number of rotatable bonds is 5. The minimum atomic E-state index is 0.0622. The normalized spacial score (nSPS) is 12.8. The molecule has 4 nitrogen and oxygen atoms in total. The molecule has 4 heteroatoms.